The van der Waals surface area contributed by atoms with Gasteiger partial charge in [-0.25, -0.2) is 0 Å². The van der Waals surface area contributed by atoms with Gasteiger partial charge in [-0.3, -0.25) is 0 Å². The largest absolute Gasteiger partial charge is 0.504 e. The van der Waals surface area contributed by atoms with Crippen LogP contribution in [-0.4, -0.2) is 54.0 Å². The first-order valence-corrected chi connectivity index (χ1v) is 8.55. The number of aromatic hydroxyl groups is 2. The molecule has 1 aliphatic heterocycles. The summed E-state index contributed by atoms with van der Waals surface area (Å²) in [5, 5.41) is 38.6. The van der Waals surface area contributed by atoms with E-state index in [0.29, 0.717) is 22.8 Å². The van der Waals surface area contributed by atoms with E-state index in [-0.39, 0.29) is 30.5 Å². The van der Waals surface area contributed by atoms with Crippen LogP contribution in [0.2, 0.25) is 0 Å². The van der Waals surface area contributed by atoms with Crippen molar-refractivity contribution in [3.05, 3.63) is 41.5 Å². The van der Waals surface area contributed by atoms with Gasteiger partial charge in [-0.2, -0.15) is 0 Å². The van der Waals surface area contributed by atoms with Crippen LogP contribution in [0.1, 0.15) is 17.2 Å². The highest BCUT2D eigenvalue weighted by atomic mass is 16.6. The lowest BCUT2D eigenvalue weighted by atomic mass is 10.0. The first kappa shape index (κ1) is 19.7. The van der Waals surface area contributed by atoms with Gasteiger partial charge in [0.15, 0.2) is 35.2 Å². The van der Waals surface area contributed by atoms with Crippen LogP contribution >= 0.6 is 0 Å². The summed E-state index contributed by atoms with van der Waals surface area (Å²) in [5.74, 6) is 0.433. The molecular weight excluding hydrogens is 368 g/mol. The molecule has 0 fully saturated rings. The van der Waals surface area contributed by atoms with Crippen molar-refractivity contribution in [2.75, 3.05) is 27.4 Å². The van der Waals surface area contributed by atoms with Gasteiger partial charge >= 0.3 is 0 Å². The van der Waals surface area contributed by atoms with Gasteiger partial charge in [0.1, 0.15) is 0 Å². The molecule has 150 valence electrons. The van der Waals surface area contributed by atoms with E-state index < -0.39 is 12.2 Å². The monoisotopic (exact) mass is 390 g/mol. The Bertz CT molecular complexity index is 877. The van der Waals surface area contributed by atoms with Crippen molar-refractivity contribution in [1.29, 1.82) is 0 Å². The van der Waals surface area contributed by atoms with Gasteiger partial charge in [0.25, 0.3) is 0 Å². The van der Waals surface area contributed by atoms with E-state index in [9.17, 15) is 15.3 Å². The van der Waals surface area contributed by atoms with Crippen LogP contribution in [0.3, 0.4) is 0 Å². The van der Waals surface area contributed by atoms with Crippen LogP contribution in [0.4, 0.5) is 0 Å². The van der Waals surface area contributed by atoms with E-state index in [4.69, 9.17) is 24.1 Å². The number of phenolic OH excluding ortho intramolecular Hbond substituents is 2. The highest BCUT2D eigenvalue weighted by Gasteiger charge is 2.35. The minimum absolute atomic E-state index is 0.0679. The predicted octanol–water partition coefficient (Wildman–Crippen LogP) is 1.99. The van der Waals surface area contributed by atoms with Crippen molar-refractivity contribution in [3.8, 4) is 34.5 Å². The lowest BCUT2D eigenvalue weighted by Crippen LogP contribution is -2.36. The third kappa shape index (κ3) is 3.64. The summed E-state index contributed by atoms with van der Waals surface area (Å²) in [7, 11) is 2.85. The molecule has 0 aromatic heterocycles. The summed E-state index contributed by atoms with van der Waals surface area (Å²) >= 11 is 0. The van der Waals surface area contributed by atoms with Crippen LogP contribution in [0.25, 0.3) is 6.08 Å². The number of hydrogen-bond acceptors (Lipinski definition) is 8. The number of rotatable bonds is 6. The highest BCUT2D eigenvalue weighted by molar-refractivity contribution is 5.63. The fourth-order valence-electron chi connectivity index (χ4n) is 3.01. The normalized spacial score (nSPS) is 18.3. The van der Waals surface area contributed by atoms with Gasteiger partial charge in [0.05, 0.1) is 27.4 Å². The zero-order chi connectivity index (χ0) is 20.3. The number of methoxy groups -OCH3 is 2. The first-order chi connectivity index (χ1) is 13.5. The second-order valence-corrected chi connectivity index (χ2v) is 6.10. The lowest BCUT2D eigenvalue weighted by molar-refractivity contribution is -0.0142. The quantitative estimate of drug-likeness (QED) is 0.553. The Morgan fingerprint density at radius 2 is 1.75 bits per heavy atom. The molecule has 2 aromatic rings. The molecule has 2 aromatic carbocycles. The molecule has 3 rings (SSSR count). The van der Waals surface area contributed by atoms with Gasteiger partial charge in [-0.1, -0.05) is 12.2 Å². The average Bonchev–Trinajstić information content (AvgIpc) is 2.72. The molecule has 0 radical (unpaired) electrons. The highest BCUT2D eigenvalue weighted by Crippen LogP contribution is 2.48. The molecule has 1 heterocycles. The SMILES string of the molecule is COc1cc([C@@H]2Oc3cc(/C=C/CO)cc(OC)c3O[C@@H]2CO)cc(O)c1O. The van der Waals surface area contributed by atoms with Crippen molar-refractivity contribution < 1.29 is 39.4 Å². The van der Waals surface area contributed by atoms with Crippen LogP contribution < -0.4 is 18.9 Å². The molecule has 2 atom stereocenters. The molecular formula is C20H22O8. The summed E-state index contributed by atoms with van der Waals surface area (Å²) in [6.07, 6.45) is 1.71. The second-order valence-electron chi connectivity index (χ2n) is 6.10. The summed E-state index contributed by atoms with van der Waals surface area (Å²) < 4.78 is 22.4. The molecule has 0 spiro atoms. The van der Waals surface area contributed by atoms with E-state index in [1.807, 2.05) is 0 Å². The van der Waals surface area contributed by atoms with Crippen molar-refractivity contribution in [2.45, 2.75) is 12.2 Å². The molecule has 0 saturated heterocycles. The minimum Gasteiger partial charge on any atom is -0.504 e. The molecule has 0 amide bonds. The molecule has 0 saturated carbocycles. The zero-order valence-corrected chi connectivity index (χ0v) is 15.5. The minimum atomic E-state index is -0.783. The van der Waals surface area contributed by atoms with Crippen LogP contribution in [0.15, 0.2) is 30.3 Å². The molecule has 8 heteroatoms. The summed E-state index contributed by atoms with van der Waals surface area (Å²) in [6, 6.07) is 6.26. The Balaban J connectivity index is 2.06. The third-order valence-electron chi connectivity index (χ3n) is 4.35. The molecule has 4 N–H and O–H groups in total. The van der Waals surface area contributed by atoms with Crippen LogP contribution in [-0.2, 0) is 0 Å². The van der Waals surface area contributed by atoms with E-state index >= 15 is 0 Å². The lowest BCUT2D eigenvalue weighted by Gasteiger charge is -2.34. The fraction of sp³-hybridized carbons (Fsp3) is 0.300. The molecule has 0 bridgehead atoms. The van der Waals surface area contributed by atoms with E-state index in [1.54, 1.807) is 24.3 Å². The van der Waals surface area contributed by atoms with Gasteiger partial charge in [-0.15, -0.1) is 0 Å². The van der Waals surface area contributed by atoms with E-state index in [0.717, 1.165) is 5.56 Å². The number of aliphatic hydroxyl groups excluding tert-OH is 2. The van der Waals surface area contributed by atoms with Crippen molar-refractivity contribution in [1.82, 2.24) is 0 Å². The summed E-state index contributed by atoms with van der Waals surface area (Å²) in [4.78, 5) is 0. The van der Waals surface area contributed by atoms with E-state index in [2.05, 4.69) is 0 Å². The Kier molecular flexibility index (Phi) is 5.81. The number of ether oxygens (including phenoxy) is 4. The molecule has 8 nitrogen and oxygen atoms in total. The van der Waals surface area contributed by atoms with Gasteiger partial charge in [-0.05, 0) is 29.8 Å². The van der Waals surface area contributed by atoms with Gasteiger partial charge in [0, 0.05) is 5.56 Å². The van der Waals surface area contributed by atoms with Crippen molar-refractivity contribution in [3.63, 3.8) is 0 Å². The Morgan fingerprint density at radius 3 is 2.39 bits per heavy atom. The average molecular weight is 390 g/mol. The van der Waals surface area contributed by atoms with Crippen molar-refractivity contribution >= 4 is 6.08 Å². The van der Waals surface area contributed by atoms with E-state index in [1.165, 1.54) is 26.4 Å². The first-order valence-electron chi connectivity index (χ1n) is 8.55. The van der Waals surface area contributed by atoms with Crippen molar-refractivity contribution in [2.24, 2.45) is 0 Å². The third-order valence-corrected chi connectivity index (χ3v) is 4.35. The Labute approximate surface area is 161 Å². The summed E-state index contributed by atoms with van der Waals surface area (Å²) in [6.45, 7) is -0.470. The standard InChI is InChI=1S/C20H22O8/c1-25-14-9-12(8-13(23)18(14)24)19-17(10-22)28-20-15(26-2)6-11(4-3-5-21)7-16(20)27-19/h3-4,6-9,17,19,21-24H,5,10H2,1-2H3/b4-3+/t17-,19+/m1/s1. The molecule has 28 heavy (non-hydrogen) atoms. The zero-order valence-electron chi connectivity index (χ0n) is 15.5. The molecule has 1 aliphatic rings. The van der Waals surface area contributed by atoms with Gasteiger partial charge in [0.2, 0.25) is 11.5 Å². The smallest absolute Gasteiger partial charge is 0.204 e. The summed E-state index contributed by atoms with van der Waals surface area (Å²) in [5.41, 5.74) is 1.17. The number of benzene rings is 2. The number of fused-ring (bicyclic) bond motifs is 1. The predicted molar refractivity (Wildman–Crippen MR) is 100 cm³/mol. The Hall–Kier alpha value is -3.10. The maximum Gasteiger partial charge on any atom is 0.204 e. The molecule has 0 unspecified atom stereocenters. The second kappa shape index (κ2) is 8.28. The van der Waals surface area contributed by atoms with Gasteiger partial charge < -0.3 is 39.4 Å². The van der Waals surface area contributed by atoms with Crippen LogP contribution in [0.5, 0.6) is 34.5 Å². The maximum absolute atomic E-state index is 9.98. The topological polar surface area (TPSA) is 118 Å². The molecule has 0 aliphatic carbocycles. The number of phenols is 2. The maximum atomic E-state index is 9.98. The number of hydrogen-bond donors (Lipinski definition) is 4. The Morgan fingerprint density at radius 1 is 1.00 bits per heavy atom. The van der Waals surface area contributed by atoms with Crippen LogP contribution in [0, 0.1) is 0 Å². The number of aliphatic hydroxyl groups is 2. The fourth-order valence-corrected chi connectivity index (χ4v) is 3.01.